The van der Waals surface area contributed by atoms with Crippen LogP contribution in [0.25, 0.3) is 0 Å². The van der Waals surface area contributed by atoms with Gasteiger partial charge in [0.05, 0.1) is 0 Å². The molecule has 25 heavy (non-hydrogen) atoms. The summed E-state index contributed by atoms with van der Waals surface area (Å²) in [6, 6.07) is 14.3. The van der Waals surface area contributed by atoms with Gasteiger partial charge < -0.3 is 15.7 Å². The molecule has 1 aliphatic rings. The summed E-state index contributed by atoms with van der Waals surface area (Å²) in [5.74, 6) is -0.582. The van der Waals surface area contributed by atoms with Crippen molar-refractivity contribution in [3.05, 3.63) is 59.7 Å². The summed E-state index contributed by atoms with van der Waals surface area (Å²) in [4.78, 5) is 24.7. The van der Waals surface area contributed by atoms with Crippen LogP contribution in [0.5, 0.6) is 0 Å². The number of hydrogen-bond acceptors (Lipinski definition) is 3. The highest BCUT2D eigenvalue weighted by atomic mass is 16.3. The number of rotatable bonds is 4. The number of carbonyl (C=O) groups excluding carboxylic acids is 2. The molecule has 3 rings (SSSR count). The zero-order valence-electron chi connectivity index (χ0n) is 14.2. The molecule has 0 aromatic heterocycles. The zero-order valence-corrected chi connectivity index (χ0v) is 14.2. The molecule has 0 radical (unpaired) electrons. The second-order valence-corrected chi connectivity index (χ2v) is 6.49. The second kappa shape index (κ2) is 7.07. The van der Waals surface area contributed by atoms with Crippen molar-refractivity contribution < 1.29 is 14.7 Å². The number of anilines is 2. The highest BCUT2D eigenvalue weighted by Gasteiger charge is 2.38. The van der Waals surface area contributed by atoms with Crippen LogP contribution in [0.3, 0.4) is 0 Å². The minimum absolute atomic E-state index is 0.207. The predicted octanol–water partition coefficient (Wildman–Crippen LogP) is 3.49. The molecule has 0 aliphatic heterocycles. The standard InChI is InChI=1S/C20H22N2O3/c1-14-16(21-18(23)15-8-3-2-4-9-15)10-7-11-17(14)22-19(24)20(25)12-5-6-13-20/h2-4,7-11,25H,5-6,12-13H2,1H3,(H,21,23)(H,22,24). The van der Waals surface area contributed by atoms with Gasteiger partial charge in [0, 0.05) is 16.9 Å². The van der Waals surface area contributed by atoms with Gasteiger partial charge >= 0.3 is 0 Å². The minimum atomic E-state index is -1.28. The Morgan fingerprint density at radius 2 is 1.52 bits per heavy atom. The summed E-state index contributed by atoms with van der Waals surface area (Å²) in [6.07, 6.45) is 2.69. The first-order chi connectivity index (χ1) is 12.0. The van der Waals surface area contributed by atoms with E-state index >= 15 is 0 Å². The van der Waals surface area contributed by atoms with Crippen LogP contribution in [0.2, 0.25) is 0 Å². The van der Waals surface area contributed by atoms with Crippen LogP contribution in [0.1, 0.15) is 41.6 Å². The first kappa shape index (κ1) is 17.2. The number of carbonyl (C=O) groups is 2. The first-order valence-electron chi connectivity index (χ1n) is 8.49. The highest BCUT2D eigenvalue weighted by Crippen LogP contribution is 2.32. The van der Waals surface area contributed by atoms with Gasteiger partial charge in [0.25, 0.3) is 11.8 Å². The molecule has 3 N–H and O–H groups in total. The van der Waals surface area contributed by atoms with E-state index in [0.717, 1.165) is 18.4 Å². The first-order valence-corrected chi connectivity index (χ1v) is 8.49. The van der Waals surface area contributed by atoms with Gasteiger partial charge in [-0.1, -0.05) is 24.3 Å². The van der Waals surface area contributed by atoms with Crippen molar-refractivity contribution in [2.45, 2.75) is 38.2 Å². The number of nitrogens with one attached hydrogen (secondary N) is 2. The topological polar surface area (TPSA) is 78.4 Å². The molecular formula is C20H22N2O3. The smallest absolute Gasteiger partial charge is 0.256 e. The quantitative estimate of drug-likeness (QED) is 0.798. The van der Waals surface area contributed by atoms with Crippen LogP contribution in [-0.4, -0.2) is 22.5 Å². The monoisotopic (exact) mass is 338 g/mol. The van der Waals surface area contributed by atoms with Crippen molar-refractivity contribution in [2.24, 2.45) is 0 Å². The lowest BCUT2D eigenvalue weighted by atomic mass is 10.0. The van der Waals surface area contributed by atoms with Crippen molar-refractivity contribution in [1.82, 2.24) is 0 Å². The molecular weight excluding hydrogens is 316 g/mol. The van der Waals surface area contributed by atoms with Crippen LogP contribution in [-0.2, 0) is 4.79 Å². The molecule has 1 fully saturated rings. The zero-order chi connectivity index (χ0) is 17.9. The molecule has 0 saturated heterocycles. The van der Waals surface area contributed by atoms with Crippen molar-refractivity contribution in [3.8, 4) is 0 Å². The van der Waals surface area contributed by atoms with Crippen molar-refractivity contribution >= 4 is 23.2 Å². The van der Waals surface area contributed by atoms with E-state index in [4.69, 9.17) is 0 Å². The lowest BCUT2D eigenvalue weighted by Gasteiger charge is -2.22. The van der Waals surface area contributed by atoms with Gasteiger partial charge in [-0.2, -0.15) is 0 Å². The Hall–Kier alpha value is -2.66. The largest absolute Gasteiger partial charge is 0.380 e. The fourth-order valence-corrected chi connectivity index (χ4v) is 3.12. The molecule has 0 spiro atoms. The van der Waals surface area contributed by atoms with Gasteiger partial charge in [-0.3, -0.25) is 9.59 Å². The summed E-state index contributed by atoms with van der Waals surface area (Å²) in [5.41, 5.74) is 1.26. The SMILES string of the molecule is Cc1c(NC(=O)c2ccccc2)cccc1NC(=O)C1(O)CCCC1. The number of hydrogen-bond donors (Lipinski definition) is 3. The Kier molecular flexibility index (Phi) is 4.86. The third-order valence-corrected chi connectivity index (χ3v) is 4.72. The number of aliphatic hydroxyl groups is 1. The number of benzene rings is 2. The number of amides is 2. The third-order valence-electron chi connectivity index (χ3n) is 4.72. The Morgan fingerprint density at radius 1 is 0.920 bits per heavy atom. The van der Waals surface area contributed by atoms with Crippen LogP contribution in [0.15, 0.2) is 48.5 Å². The van der Waals surface area contributed by atoms with E-state index in [0.29, 0.717) is 29.8 Å². The van der Waals surface area contributed by atoms with Crippen molar-refractivity contribution in [3.63, 3.8) is 0 Å². The van der Waals surface area contributed by atoms with Gasteiger partial charge in [-0.05, 0) is 62.4 Å². The molecule has 5 heteroatoms. The molecule has 0 bridgehead atoms. The molecule has 0 heterocycles. The predicted molar refractivity (Wildman–Crippen MR) is 97.6 cm³/mol. The molecule has 5 nitrogen and oxygen atoms in total. The summed E-state index contributed by atoms with van der Waals surface area (Å²) < 4.78 is 0. The molecule has 2 amide bonds. The molecule has 2 aromatic rings. The second-order valence-electron chi connectivity index (χ2n) is 6.49. The highest BCUT2D eigenvalue weighted by molar-refractivity contribution is 6.05. The fraction of sp³-hybridized carbons (Fsp3) is 0.300. The van der Waals surface area contributed by atoms with Crippen LogP contribution in [0, 0.1) is 6.92 Å². The fourth-order valence-electron chi connectivity index (χ4n) is 3.12. The summed E-state index contributed by atoms with van der Waals surface area (Å²) in [7, 11) is 0. The minimum Gasteiger partial charge on any atom is -0.380 e. The third kappa shape index (κ3) is 3.72. The van der Waals surface area contributed by atoms with Crippen LogP contribution < -0.4 is 10.6 Å². The van der Waals surface area contributed by atoms with E-state index in [2.05, 4.69) is 10.6 Å². The van der Waals surface area contributed by atoms with E-state index in [-0.39, 0.29) is 11.8 Å². The Labute approximate surface area is 147 Å². The Balaban J connectivity index is 1.76. The summed E-state index contributed by atoms with van der Waals surface area (Å²) in [5, 5.41) is 16.1. The van der Waals surface area contributed by atoms with E-state index in [1.165, 1.54) is 0 Å². The normalized spacial score (nSPS) is 15.6. The van der Waals surface area contributed by atoms with Gasteiger partial charge in [0.15, 0.2) is 0 Å². The van der Waals surface area contributed by atoms with E-state index in [1.54, 1.807) is 42.5 Å². The summed E-state index contributed by atoms with van der Waals surface area (Å²) in [6.45, 7) is 1.83. The molecule has 0 unspecified atom stereocenters. The Morgan fingerprint density at radius 3 is 2.16 bits per heavy atom. The van der Waals surface area contributed by atoms with Gasteiger partial charge in [-0.25, -0.2) is 0 Å². The lowest BCUT2D eigenvalue weighted by Crippen LogP contribution is -2.40. The average Bonchev–Trinajstić information content (AvgIpc) is 3.07. The van der Waals surface area contributed by atoms with Gasteiger partial charge in [-0.15, -0.1) is 0 Å². The maximum atomic E-state index is 12.4. The maximum absolute atomic E-state index is 12.4. The molecule has 1 saturated carbocycles. The maximum Gasteiger partial charge on any atom is 0.256 e. The summed E-state index contributed by atoms with van der Waals surface area (Å²) >= 11 is 0. The molecule has 130 valence electrons. The van der Waals surface area contributed by atoms with Crippen LogP contribution >= 0.6 is 0 Å². The van der Waals surface area contributed by atoms with Crippen LogP contribution in [0.4, 0.5) is 11.4 Å². The Bertz CT molecular complexity index is 781. The molecule has 1 aliphatic carbocycles. The van der Waals surface area contributed by atoms with E-state index < -0.39 is 5.60 Å². The van der Waals surface area contributed by atoms with E-state index in [1.807, 2.05) is 13.0 Å². The van der Waals surface area contributed by atoms with Crippen molar-refractivity contribution in [1.29, 1.82) is 0 Å². The van der Waals surface area contributed by atoms with E-state index in [9.17, 15) is 14.7 Å². The molecule has 0 atom stereocenters. The van der Waals surface area contributed by atoms with Gasteiger partial charge in [0.1, 0.15) is 5.60 Å². The molecule has 2 aromatic carbocycles. The van der Waals surface area contributed by atoms with Gasteiger partial charge in [0.2, 0.25) is 0 Å². The van der Waals surface area contributed by atoms with Crippen molar-refractivity contribution in [2.75, 3.05) is 10.6 Å². The average molecular weight is 338 g/mol. The lowest BCUT2D eigenvalue weighted by molar-refractivity contribution is -0.133.